The Hall–Kier alpha value is -3.07. The number of fused-ring (bicyclic) bond motifs is 2. The predicted molar refractivity (Wildman–Crippen MR) is 139 cm³/mol. The fourth-order valence-corrected chi connectivity index (χ4v) is 5.56. The van der Waals surface area contributed by atoms with Gasteiger partial charge in [-0.3, -0.25) is 14.5 Å². The maximum Gasteiger partial charge on any atom is 0.333 e. The second-order valence-electron chi connectivity index (χ2n) is 10.3. The van der Waals surface area contributed by atoms with Gasteiger partial charge in [0.2, 0.25) is 0 Å². The molecule has 0 atom stereocenters. The Balaban J connectivity index is 1.24. The number of rotatable bonds is 12. The van der Waals surface area contributed by atoms with Crippen LogP contribution in [0.25, 0.3) is 0 Å². The first kappa shape index (κ1) is 26.5. The average molecular weight is 521 g/mol. The number of carbonyl (C=O) groups is 3. The Bertz CT molecular complexity index is 1120. The zero-order valence-electron chi connectivity index (χ0n) is 22.1. The molecular weight excluding hydrogens is 484 g/mol. The Labute approximate surface area is 223 Å². The maximum atomic E-state index is 12.2. The summed E-state index contributed by atoms with van der Waals surface area (Å²) in [5.41, 5.74) is 7.60. The van der Waals surface area contributed by atoms with E-state index in [0.717, 1.165) is 32.4 Å². The van der Waals surface area contributed by atoms with Crippen molar-refractivity contribution in [3.8, 4) is 0 Å². The second-order valence-corrected chi connectivity index (χ2v) is 10.3. The fourth-order valence-electron chi connectivity index (χ4n) is 5.56. The molecule has 202 valence electrons. The summed E-state index contributed by atoms with van der Waals surface area (Å²) in [5.74, 6) is -1.42. The summed E-state index contributed by atoms with van der Waals surface area (Å²) in [5, 5.41) is 0.624. The van der Waals surface area contributed by atoms with Crippen LogP contribution in [0, 0.1) is 0 Å². The van der Waals surface area contributed by atoms with Crippen LogP contribution >= 0.6 is 0 Å². The lowest BCUT2D eigenvalue weighted by Gasteiger charge is -2.33. The quantitative estimate of drug-likeness (QED) is 0.296. The molecule has 2 amide bonds. The van der Waals surface area contributed by atoms with Gasteiger partial charge in [0.1, 0.15) is 0 Å². The topological polar surface area (TPSA) is 85.4 Å². The molecule has 1 saturated heterocycles. The molecule has 5 rings (SSSR count). The van der Waals surface area contributed by atoms with Gasteiger partial charge in [-0.25, -0.2) is 4.79 Å². The summed E-state index contributed by atoms with van der Waals surface area (Å²) in [6, 6.07) is 13.6. The van der Waals surface area contributed by atoms with E-state index in [1.54, 1.807) is 0 Å². The number of carbonyl (C=O) groups excluding carboxylic acids is 3. The van der Waals surface area contributed by atoms with E-state index in [1.165, 1.54) is 33.4 Å². The van der Waals surface area contributed by atoms with Crippen LogP contribution in [0.3, 0.4) is 0 Å². The standard InChI is InChI=1S/C30H36N2O6/c1-2-13-31(14-5-3-4-6-29(35)38-32-27(33)11-12-28(32)34)30(21-7-9-23-17-36-19-25(23)15-21)22-8-10-24-18-37-20-26(24)16-22/h7-10,15-16,30H,2-6,11-14,17-20H2,1H3. The number of hydrogen-bond donors (Lipinski definition) is 0. The minimum atomic E-state index is -0.530. The van der Waals surface area contributed by atoms with Crippen LogP contribution in [0.4, 0.5) is 0 Å². The maximum absolute atomic E-state index is 12.2. The van der Waals surface area contributed by atoms with Crippen LogP contribution in [0.5, 0.6) is 0 Å². The highest BCUT2D eigenvalue weighted by atomic mass is 16.7. The van der Waals surface area contributed by atoms with Gasteiger partial charge in [0.25, 0.3) is 11.8 Å². The third-order valence-corrected chi connectivity index (χ3v) is 7.52. The highest BCUT2D eigenvalue weighted by Gasteiger charge is 2.32. The van der Waals surface area contributed by atoms with E-state index in [1.807, 2.05) is 0 Å². The lowest BCUT2D eigenvalue weighted by Crippen LogP contribution is -2.32. The summed E-state index contributed by atoms with van der Waals surface area (Å²) in [6.07, 6.45) is 3.84. The number of nitrogens with zero attached hydrogens (tertiary/aromatic N) is 2. The molecule has 8 nitrogen and oxygen atoms in total. The third kappa shape index (κ3) is 5.98. The highest BCUT2D eigenvalue weighted by molar-refractivity contribution is 6.01. The van der Waals surface area contributed by atoms with Gasteiger partial charge in [0.15, 0.2) is 0 Å². The fraction of sp³-hybridized carbons (Fsp3) is 0.500. The highest BCUT2D eigenvalue weighted by Crippen LogP contribution is 2.34. The summed E-state index contributed by atoms with van der Waals surface area (Å²) >= 11 is 0. The van der Waals surface area contributed by atoms with Gasteiger partial charge >= 0.3 is 5.97 Å². The lowest BCUT2D eigenvalue weighted by molar-refractivity contribution is -0.197. The van der Waals surface area contributed by atoms with E-state index in [9.17, 15) is 14.4 Å². The Morgan fingerprint density at radius 1 is 0.842 bits per heavy atom. The van der Waals surface area contributed by atoms with Crippen LogP contribution in [0.2, 0.25) is 0 Å². The molecule has 3 aliphatic heterocycles. The number of ether oxygens (including phenoxy) is 2. The minimum Gasteiger partial charge on any atom is -0.372 e. The van der Waals surface area contributed by atoms with Crippen molar-refractivity contribution in [2.45, 2.75) is 84.3 Å². The first-order chi connectivity index (χ1) is 18.5. The van der Waals surface area contributed by atoms with Gasteiger partial charge in [0, 0.05) is 19.3 Å². The zero-order chi connectivity index (χ0) is 26.5. The zero-order valence-corrected chi connectivity index (χ0v) is 22.1. The number of amides is 2. The number of imide groups is 1. The first-order valence-corrected chi connectivity index (χ1v) is 13.7. The van der Waals surface area contributed by atoms with Gasteiger partial charge in [-0.15, -0.1) is 5.06 Å². The van der Waals surface area contributed by atoms with E-state index < -0.39 is 17.8 Å². The van der Waals surface area contributed by atoms with E-state index in [0.29, 0.717) is 37.9 Å². The van der Waals surface area contributed by atoms with Crippen molar-refractivity contribution >= 4 is 17.8 Å². The summed E-state index contributed by atoms with van der Waals surface area (Å²) in [6.45, 7) is 6.72. The molecule has 0 aliphatic carbocycles. The number of hydroxylamine groups is 2. The SMILES string of the molecule is CCCN(CCCCCC(=O)ON1C(=O)CCC1=O)C(c1ccc2c(c1)COC2)c1ccc2c(c1)COC2. The Kier molecular flexibility index (Phi) is 8.51. The van der Waals surface area contributed by atoms with Crippen molar-refractivity contribution in [1.82, 2.24) is 9.96 Å². The second kappa shape index (κ2) is 12.2. The van der Waals surface area contributed by atoms with Crippen molar-refractivity contribution in [2.24, 2.45) is 0 Å². The molecule has 0 bridgehead atoms. The molecule has 0 aromatic heterocycles. The molecule has 0 N–H and O–H groups in total. The number of unbranched alkanes of at least 4 members (excludes halogenated alkanes) is 2. The summed E-state index contributed by atoms with van der Waals surface area (Å²) in [7, 11) is 0. The molecular formula is C30H36N2O6. The molecule has 0 unspecified atom stereocenters. The molecule has 0 saturated carbocycles. The van der Waals surface area contributed by atoms with Gasteiger partial charge in [-0.1, -0.05) is 49.7 Å². The van der Waals surface area contributed by atoms with Gasteiger partial charge in [0.05, 0.1) is 32.5 Å². The van der Waals surface area contributed by atoms with E-state index in [4.69, 9.17) is 14.3 Å². The third-order valence-electron chi connectivity index (χ3n) is 7.52. The van der Waals surface area contributed by atoms with Gasteiger partial charge in [-0.05, 0) is 65.7 Å². The average Bonchev–Trinajstić information content (AvgIpc) is 3.65. The van der Waals surface area contributed by atoms with Crippen molar-refractivity contribution in [1.29, 1.82) is 0 Å². The van der Waals surface area contributed by atoms with Crippen molar-refractivity contribution in [3.63, 3.8) is 0 Å². The first-order valence-electron chi connectivity index (χ1n) is 13.7. The van der Waals surface area contributed by atoms with Crippen LogP contribution in [-0.2, 0) is 55.1 Å². The molecule has 2 aromatic rings. The molecule has 0 spiro atoms. The molecule has 1 fully saturated rings. The minimum absolute atomic E-state index is 0.106. The van der Waals surface area contributed by atoms with Crippen LogP contribution in [0.1, 0.15) is 91.3 Å². The Morgan fingerprint density at radius 2 is 1.42 bits per heavy atom. The Morgan fingerprint density at radius 3 is 2.00 bits per heavy atom. The summed E-state index contributed by atoms with van der Waals surface area (Å²) in [4.78, 5) is 43.0. The molecule has 3 aliphatic rings. The van der Waals surface area contributed by atoms with Gasteiger partial charge in [-0.2, -0.15) is 0 Å². The van der Waals surface area contributed by atoms with Crippen LogP contribution in [-0.4, -0.2) is 40.8 Å². The number of benzene rings is 2. The molecule has 0 radical (unpaired) electrons. The van der Waals surface area contributed by atoms with Crippen molar-refractivity contribution in [2.75, 3.05) is 13.1 Å². The van der Waals surface area contributed by atoms with Crippen LogP contribution in [0.15, 0.2) is 36.4 Å². The molecule has 3 heterocycles. The van der Waals surface area contributed by atoms with E-state index >= 15 is 0 Å². The smallest absolute Gasteiger partial charge is 0.333 e. The summed E-state index contributed by atoms with van der Waals surface area (Å²) < 4.78 is 11.4. The van der Waals surface area contributed by atoms with E-state index in [-0.39, 0.29) is 25.3 Å². The van der Waals surface area contributed by atoms with Crippen LogP contribution < -0.4 is 0 Å². The van der Waals surface area contributed by atoms with Gasteiger partial charge < -0.3 is 14.3 Å². The molecule has 8 heteroatoms. The number of hydrogen-bond acceptors (Lipinski definition) is 7. The normalized spacial score (nSPS) is 16.6. The monoisotopic (exact) mass is 520 g/mol. The predicted octanol–water partition coefficient (Wildman–Crippen LogP) is 4.72. The van der Waals surface area contributed by atoms with Crippen molar-refractivity contribution in [3.05, 3.63) is 69.8 Å². The largest absolute Gasteiger partial charge is 0.372 e. The molecule has 2 aromatic carbocycles. The molecule has 38 heavy (non-hydrogen) atoms. The van der Waals surface area contributed by atoms with Crippen molar-refractivity contribution < 1.29 is 28.7 Å². The lowest BCUT2D eigenvalue weighted by atomic mass is 9.92. The van der Waals surface area contributed by atoms with E-state index in [2.05, 4.69) is 48.2 Å².